The molecule has 2 saturated heterocycles. The molecule has 0 unspecified atom stereocenters. The molecule has 7 rings (SSSR count). The van der Waals surface area contributed by atoms with E-state index in [0.717, 1.165) is 31.4 Å². The number of halogens is 2. The van der Waals surface area contributed by atoms with Gasteiger partial charge in [0.05, 0.1) is 5.54 Å². The molecule has 0 bridgehead atoms. The summed E-state index contributed by atoms with van der Waals surface area (Å²) in [6.45, 7) is 5.70. The zero-order chi connectivity index (χ0) is 27.4. The van der Waals surface area contributed by atoms with Gasteiger partial charge in [-0.1, -0.05) is 30.8 Å². The van der Waals surface area contributed by atoms with Gasteiger partial charge in [0.2, 0.25) is 5.91 Å². The minimum atomic E-state index is -0.872. The van der Waals surface area contributed by atoms with Crippen molar-refractivity contribution in [1.29, 1.82) is 0 Å². The van der Waals surface area contributed by atoms with E-state index < -0.39 is 12.0 Å². The maximum atomic E-state index is 16.4. The summed E-state index contributed by atoms with van der Waals surface area (Å²) in [5.41, 5.74) is 3.87. The molecule has 1 aromatic heterocycles. The Morgan fingerprint density at radius 2 is 2.12 bits per heavy atom. The number of aromatic nitrogens is 2. The molecule has 40 heavy (non-hydrogen) atoms. The molecule has 3 fully saturated rings. The average Bonchev–Trinajstić information content (AvgIpc) is 3.28. The van der Waals surface area contributed by atoms with Crippen LogP contribution in [0.5, 0.6) is 6.01 Å². The third-order valence-electron chi connectivity index (χ3n) is 9.18. The molecular formula is C31H33F2N5O2. The van der Waals surface area contributed by atoms with Crippen LogP contribution in [0.4, 0.5) is 14.6 Å². The Morgan fingerprint density at radius 3 is 3.00 bits per heavy atom. The van der Waals surface area contributed by atoms with Crippen LogP contribution in [-0.2, 0) is 11.2 Å². The molecule has 3 heterocycles. The lowest BCUT2D eigenvalue weighted by atomic mass is 9.93. The normalized spacial score (nSPS) is 26.3. The number of fused-ring (bicyclic) bond motifs is 5. The second kappa shape index (κ2) is 9.80. The summed E-state index contributed by atoms with van der Waals surface area (Å²) in [5, 5.41) is 6.47. The number of rotatable bonds is 9. The van der Waals surface area contributed by atoms with E-state index in [2.05, 4.69) is 38.1 Å². The lowest BCUT2D eigenvalue weighted by Crippen LogP contribution is -2.43. The maximum absolute atomic E-state index is 16.4. The molecule has 7 nitrogen and oxygen atoms in total. The Hall–Kier alpha value is -3.59. The van der Waals surface area contributed by atoms with E-state index in [4.69, 9.17) is 4.74 Å². The largest absolute Gasteiger partial charge is 0.461 e. The van der Waals surface area contributed by atoms with Crippen LogP contribution in [0, 0.1) is 11.7 Å². The Labute approximate surface area is 232 Å². The predicted octanol–water partition coefficient (Wildman–Crippen LogP) is 4.76. The molecular weight excluding hydrogens is 512 g/mol. The van der Waals surface area contributed by atoms with Gasteiger partial charge in [0.25, 0.3) is 0 Å². The Balaban J connectivity index is 1.24. The first-order valence-corrected chi connectivity index (χ1v) is 14.2. The molecule has 9 heteroatoms. The van der Waals surface area contributed by atoms with Gasteiger partial charge < -0.3 is 15.4 Å². The van der Waals surface area contributed by atoms with E-state index in [-0.39, 0.29) is 29.6 Å². The van der Waals surface area contributed by atoms with Crippen LogP contribution in [0.3, 0.4) is 0 Å². The molecule has 0 spiro atoms. The highest BCUT2D eigenvalue weighted by Gasteiger charge is 2.49. The van der Waals surface area contributed by atoms with Gasteiger partial charge in [0.15, 0.2) is 5.82 Å². The van der Waals surface area contributed by atoms with E-state index in [0.29, 0.717) is 54.7 Å². The van der Waals surface area contributed by atoms with E-state index in [1.54, 1.807) is 0 Å². The zero-order valence-electron chi connectivity index (χ0n) is 22.4. The summed E-state index contributed by atoms with van der Waals surface area (Å²) in [4.78, 5) is 22.9. The molecule has 3 aromatic rings. The number of carbonyl (C=O) groups is 1. The van der Waals surface area contributed by atoms with Gasteiger partial charge in [-0.3, -0.25) is 9.69 Å². The topological polar surface area (TPSA) is 79.4 Å². The minimum Gasteiger partial charge on any atom is -0.461 e. The fourth-order valence-corrected chi connectivity index (χ4v) is 7.21. The van der Waals surface area contributed by atoms with Crippen molar-refractivity contribution in [3.8, 4) is 17.1 Å². The van der Waals surface area contributed by atoms with Crippen molar-refractivity contribution in [3.63, 3.8) is 0 Å². The lowest BCUT2D eigenvalue weighted by Gasteiger charge is -2.30. The molecule has 1 saturated carbocycles. The lowest BCUT2D eigenvalue weighted by molar-refractivity contribution is -0.116. The highest BCUT2D eigenvalue weighted by atomic mass is 19.1. The van der Waals surface area contributed by atoms with Crippen LogP contribution in [0.2, 0.25) is 0 Å². The fraction of sp³-hybridized carbons (Fsp3) is 0.452. The number of nitrogens with one attached hydrogen (secondary N) is 2. The molecule has 0 radical (unpaired) electrons. The number of benzene rings is 2. The average molecular weight is 546 g/mol. The number of nitrogens with zero attached hydrogens (tertiary/aromatic N) is 3. The van der Waals surface area contributed by atoms with Gasteiger partial charge in [-0.05, 0) is 72.9 Å². The Morgan fingerprint density at radius 1 is 1.23 bits per heavy atom. The van der Waals surface area contributed by atoms with Crippen LogP contribution in [0.25, 0.3) is 22.0 Å². The molecule has 2 aliphatic carbocycles. The van der Waals surface area contributed by atoms with Crippen LogP contribution in [0.1, 0.15) is 42.7 Å². The Kier molecular flexibility index (Phi) is 6.22. The van der Waals surface area contributed by atoms with E-state index >= 15 is 4.39 Å². The second-order valence-corrected chi connectivity index (χ2v) is 11.6. The smallest absolute Gasteiger partial charge is 0.319 e. The summed E-state index contributed by atoms with van der Waals surface area (Å²) in [7, 11) is 0. The minimum absolute atomic E-state index is 0.0604. The number of hydrogen-bond acceptors (Lipinski definition) is 6. The molecule has 1 amide bonds. The summed E-state index contributed by atoms with van der Waals surface area (Å²) >= 11 is 0. The maximum Gasteiger partial charge on any atom is 0.319 e. The quantitative estimate of drug-likeness (QED) is 0.298. The van der Waals surface area contributed by atoms with Crippen molar-refractivity contribution in [3.05, 3.63) is 59.9 Å². The van der Waals surface area contributed by atoms with Crippen molar-refractivity contribution in [2.24, 2.45) is 5.92 Å². The third kappa shape index (κ3) is 4.31. The SMILES string of the molecule is C=CC(=O)NCCNc1nc(OC[C@@]23CCCN2C[C@H](F)C3)nc2c(F)c(-c3cccc4c3[C@H]3C[C@H]3C4)ccc12. The number of anilines is 1. The highest BCUT2D eigenvalue weighted by Crippen LogP contribution is 2.58. The monoisotopic (exact) mass is 545 g/mol. The van der Waals surface area contributed by atoms with Crippen molar-refractivity contribution >= 4 is 22.6 Å². The van der Waals surface area contributed by atoms with Crippen LogP contribution in [0.15, 0.2) is 43.0 Å². The van der Waals surface area contributed by atoms with Gasteiger partial charge in [-0.25, -0.2) is 8.78 Å². The number of ether oxygens (including phenoxy) is 1. The van der Waals surface area contributed by atoms with Gasteiger partial charge >= 0.3 is 6.01 Å². The number of amides is 1. The summed E-state index contributed by atoms with van der Waals surface area (Å²) in [6.07, 6.45) is 4.86. The van der Waals surface area contributed by atoms with E-state index in [1.807, 2.05) is 24.3 Å². The zero-order valence-corrected chi connectivity index (χ0v) is 22.4. The van der Waals surface area contributed by atoms with Crippen LogP contribution >= 0.6 is 0 Å². The van der Waals surface area contributed by atoms with Gasteiger partial charge in [0.1, 0.15) is 24.1 Å². The molecule has 4 atom stereocenters. The van der Waals surface area contributed by atoms with Gasteiger partial charge in [0, 0.05) is 37.0 Å². The Bertz CT molecular complexity index is 1510. The van der Waals surface area contributed by atoms with Gasteiger partial charge in [-0.2, -0.15) is 9.97 Å². The highest BCUT2D eigenvalue weighted by molar-refractivity contribution is 5.94. The second-order valence-electron chi connectivity index (χ2n) is 11.6. The van der Waals surface area contributed by atoms with Crippen LogP contribution < -0.4 is 15.4 Å². The summed E-state index contributed by atoms with van der Waals surface area (Å²) < 4.78 is 36.8. The number of alkyl halides is 1. The standard InChI is InChI=1S/C31H33F2N5O2/c1-2-25(39)34-10-11-35-29-23-8-7-22(21-6-3-5-18-13-19-14-24(19)26(18)21)27(33)28(23)36-30(37-29)40-17-31-9-4-12-38(31)16-20(32)15-31/h2-3,5-8,19-20,24H,1,4,9-17H2,(H,34,39)(H,35,36,37)/t19-,20-,24+,31+/m1/s1. The number of hydrogen-bond donors (Lipinski definition) is 2. The van der Waals surface area contributed by atoms with Crippen molar-refractivity contribution in [2.45, 2.75) is 49.7 Å². The van der Waals surface area contributed by atoms with E-state index in [1.165, 1.54) is 23.6 Å². The summed E-state index contributed by atoms with van der Waals surface area (Å²) in [6, 6.07) is 9.89. The molecule has 208 valence electrons. The van der Waals surface area contributed by atoms with Crippen molar-refractivity contribution < 1.29 is 18.3 Å². The van der Waals surface area contributed by atoms with Crippen molar-refractivity contribution in [1.82, 2.24) is 20.2 Å². The van der Waals surface area contributed by atoms with Crippen molar-refractivity contribution in [2.75, 3.05) is 38.1 Å². The van der Waals surface area contributed by atoms with Crippen LogP contribution in [-0.4, -0.2) is 65.3 Å². The fourth-order valence-electron chi connectivity index (χ4n) is 7.21. The molecule has 2 aromatic carbocycles. The van der Waals surface area contributed by atoms with E-state index in [9.17, 15) is 9.18 Å². The number of carbonyl (C=O) groups excluding carboxylic acids is 1. The summed E-state index contributed by atoms with van der Waals surface area (Å²) in [5.74, 6) is 0.955. The molecule has 2 aliphatic heterocycles. The van der Waals surface area contributed by atoms with Gasteiger partial charge in [-0.15, -0.1) is 0 Å². The molecule has 4 aliphatic rings. The molecule has 2 N–H and O–H groups in total. The first-order valence-electron chi connectivity index (χ1n) is 14.2. The predicted molar refractivity (Wildman–Crippen MR) is 150 cm³/mol. The first kappa shape index (κ1) is 25.4. The first-order chi connectivity index (χ1) is 19.5. The third-order valence-corrected chi connectivity index (χ3v) is 9.18.